The molecule has 1 heterocycles. The predicted molar refractivity (Wildman–Crippen MR) is 73.2 cm³/mol. The number of halogens is 2. The van der Waals surface area contributed by atoms with E-state index in [1.807, 2.05) is 13.8 Å². The molecular formula is C13H14BrFN2O2. The van der Waals surface area contributed by atoms with Crippen molar-refractivity contribution in [2.75, 3.05) is 11.4 Å². The monoisotopic (exact) mass is 328 g/mol. The van der Waals surface area contributed by atoms with E-state index >= 15 is 0 Å². The lowest BCUT2D eigenvalue weighted by molar-refractivity contribution is -0.132. The van der Waals surface area contributed by atoms with Gasteiger partial charge in [-0.25, -0.2) is 4.39 Å². The average molecular weight is 329 g/mol. The Hall–Kier alpha value is -1.43. The van der Waals surface area contributed by atoms with Crippen molar-refractivity contribution in [2.45, 2.75) is 19.9 Å². The summed E-state index contributed by atoms with van der Waals surface area (Å²) in [5.41, 5.74) is 0.395. The molecule has 102 valence electrons. The molecule has 4 nitrogen and oxygen atoms in total. The van der Waals surface area contributed by atoms with Gasteiger partial charge < -0.3 is 10.2 Å². The van der Waals surface area contributed by atoms with E-state index in [0.717, 1.165) is 0 Å². The number of rotatable bonds is 2. The zero-order chi connectivity index (χ0) is 14.2. The molecule has 2 amide bonds. The van der Waals surface area contributed by atoms with Gasteiger partial charge in [-0.1, -0.05) is 13.8 Å². The summed E-state index contributed by atoms with van der Waals surface area (Å²) in [6, 6.07) is 3.82. The molecule has 6 heteroatoms. The van der Waals surface area contributed by atoms with E-state index in [-0.39, 0.29) is 24.3 Å². The smallest absolute Gasteiger partial charge is 0.250 e. The summed E-state index contributed by atoms with van der Waals surface area (Å²) >= 11 is 3.06. The average Bonchev–Trinajstić information content (AvgIpc) is 2.35. The van der Waals surface area contributed by atoms with Crippen molar-refractivity contribution in [1.82, 2.24) is 5.32 Å². The van der Waals surface area contributed by atoms with Crippen molar-refractivity contribution in [2.24, 2.45) is 5.92 Å². The molecule has 1 aliphatic rings. The summed E-state index contributed by atoms with van der Waals surface area (Å²) in [5.74, 6) is -0.921. The lowest BCUT2D eigenvalue weighted by Gasteiger charge is -2.34. The number of nitrogens with zero attached hydrogens (tertiary/aromatic N) is 1. The first-order chi connectivity index (χ1) is 8.90. The molecule has 0 spiro atoms. The normalized spacial score (nSPS) is 19.8. The standard InChI is InChI=1S/C13H14BrFN2O2/c1-7(2)12-13(19)17(6-11(18)16-12)8-3-4-9(14)10(15)5-8/h3-5,7,12H,6H2,1-2H3,(H,16,18). The van der Waals surface area contributed by atoms with Crippen molar-refractivity contribution >= 4 is 33.4 Å². The molecule has 1 N–H and O–H groups in total. The second kappa shape index (κ2) is 5.28. The Morgan fingerprint density at radius 1 is 1.42 bits per heavy atom. The lowest BCUT2D eigenvalue weighted by atomic mass is 10.0. The number of carbonyl (C=O) groups excluding carboxylic acids is 2. The van der Waals surface area contributed by atoms with Gasteiger partial charge in [-0.2, -0.15) is 0 Å². The summed E-state index contributed by atoms with van der Waals surface area (Å²) in [6.07, 6.45) is 0. The molecule has 0 radical (unpaired) electrons. The number of benzene rings is 1. The van der Waals surface area contributed by atoms with Crippen molar-refractivity contribution < 1.29 is 14.0 Å². The highest BCUT2D eigenvalue weighted by molar-refractivity contribution is 9.10. The Kier molecular flexibility index (Phi) is 3.89. The van der Waals surface area contributed by atoms with Gasteiger partial charge in [0.25, 0.3) is 0 Å². The summed E-state index contributed by atoms with van der Waals surface area (Å²) in [4.78, 5) is 25.3. The third kappa shape index (κ3) is 2.78. The van der Waals surface area contributed by atoms with Gasteiger partial charge in [0.15, 0.2) is 0 Å². The van der Waals surface area contributed by atoms with Crippen LogP contribution >= 0.6 is 15.9 Å². The van der Waals surface area contributed by atoms with Gasteiger partial charge in [-0.15, -0.1) is 0 Å². The van der Waals surface area contributed by atoms with E-state index in [1.165, 1.54) is 17.0 Å². The molecule has 1 atom stereocenters. The molecule has 0 aliphatic carbocycles. The molecule has 0 aromatic heterocycles. The van der Waals surface area contributed by atoms with Crippen molar-refractivity contribution in [3.63, 3.8) is 0 Å². The van der Waals surface area contributed by atoms with Gasteiger partial charge in [0.2, 0.25) is 11.8 Å². The van der Waals surface area contributed by atoms with E-state index in [1.54, 1.807) is 6.07 Å². The Morgan fingerprint density at radius 3 is 2.68 bits per heavy atom. The fraction of sp³-hybridized carbons (Fsp3) is 0.385. The number of nitrogens with one attached hydrogen (secondary N) is 1. The number of amides is 2. The Morgan fingerprint density at radius 2 is 2.11 bits per heavy atom. The van der Waals surface area contributed by atoms with Gasteiger partial charge in [0.05, 0.1) is 4.47 Å². The van der Waals surface area contributed by atoms with Gasteiger partial charge in [0, 0.05) is 5.69 Å². The topological polar surface area (TPSA) is 49.4 Å². The highest BCUT2D eigenvalue weighted by Crippen LogP contribution is 2.24. The van der Waals surface area contributed by atoms with Gasteiger partial charge in [-0.3, -0.25) is 9.59 Å². The van der Waals surface area contributed by atoms with Gasteiger partial charge in [-0.05, 0) is 40.0 Å². The summed E-state index contributed by atoms with van der Waals surface area (Å²) < 4.78 is 13.9. The van der Waals surface area contributed by atoms with Crippen LogP contribution in [0.3, 0.4) is 0 Å². The Labute approximate surface area is 119 Å². The van der Waals surface area contributed by atoms with Crippen LogP contribution in [0.1, 0.15) is 13.8 Å². The summed E-state index contributed by atoms with van der Waals surface area (Å²) in [7, 11) is 0. The number of carbonyl (C=O) groups is 2. The third-order valence-corrected chi connectivity index (χ3v) is 3.67. The van der Waals surface area contributed by atoms with Gasteiger partial charge in [0.1, 0.15) is 18.4 Å². The van der Waals surface area contributed by atoms with Crippen molar-refractivity contribution in [3.05, 3.63) is 28.5 Å². The molecule has 1 aliphatic heterocycles. The van der Waals surface area contributed by atoms with E-state index < -0.39 is 11.9 Å². The second-order valence-electron chi connectivity index (χ2n) is 4.81. The molecule has 0 saturated carbocycles. The maximum absolute atomic E-state index is 13.5. The molecule has 1 unspecified atom stereocenters. The zero-order valence-corrected chi connectivity index (χ0v) is 12.2. The maximum atomic E-state index is 13.5. The predicted octanol–water partition coefficient (Wildman–Crippen LogP) is 2.08. The molecular weight excluding hydrogens is 315 g/mol. The number of anilines is 1. The molecule has 1 saturated heterocycles. The first kappa shape index (κ1) is 14.0. The Balaban J connectivity index is 2.34. The maximum Gasteiger partial charge on any atom is 0.250 e. The van der Waals surface area contributed by atoms with Crippen LogP contribution in [-0.4, -0.2) is 24.4 Å². The number of hydrogen-bond acceptors (Lipinski definition) is 2. The first-order valence-electron chi connectivity index (χ1n) is 5.96. The lowest BCUT2D eigenvalue weighted by Crippen LogP contribution is -2.60. The van der Waals surface area contributed by atoms with E-state index in [2.05, 4.69) is 21.2 Å². The van der Waals surface area contributed by atoms with Gasteiger partial charge >= 0.3 is 0 Å². The number of piperazine rings is 1. The summed E-state index contributed by atoms with van der Waals surface area (Å²) in [6.45, 7) is 3.63. The third-order valence-electron chi connectivity index (χ3n) is 3.03. The Bertz CT molecular complexity index is 533. The van der Waals surface area contributed by atoms with Crippen LogP contribution in [0.25, 0.3) is 0 Å². The molecule has 1 aromatic rings. The van der Waals surface area contributed by atoms with Crippen molar-refractivity contribution in [3.8, 4) is 0 Å². The molecule has 19 heavy (non-hydrogen) atoms. The van der Waals surface area contributed by atoms with Crippen LogP contribution in [0.15, 0.2) is 22.7 Å². The minimum absolute atomic E-state index is 0.0143. The van der Waals surface area contributed by atoms with Crippen molar-refractivity contribution in [1.29, 1.82) is 0 Å². The summed E-state index contributed by atoms with van der Waals surface area (Å²) in [5, 5.41) is 2.66. The van der Waals surface area contributed by atoms with Crippen LogP contribution in [0.2, 0.25) is 0 Å². The second-order valence-corrected chi connectivity index (χ2v) is 5.67. The van der Waals surface area contributed by atoms with Crippen LogP contribution in [-0.2, 0) is 9.59 Å². The zero-order valence-electron chi connectivity index (χ0n) is 10.6. The minimum Gasteiger partial charge on any atom is -0.342 e. The molecule has 1 fully saturated rings. The quantitative estimate of drug-likeness (QED) is 0.903. The van der Waals surface area contributed by atoms with E-state index in [9.17, 15) is 14.0 Å². The van der Waals surface area contributed by atoms with Crippen LogP contribution in [0, 0.1) is 11.7 Å². The van der Waals surface area contributed by atoms with E-state index in [4.69, 9.17) is 0 Å². The van der Waals surface area contributed by atoms with Crippen LogP contribution < -0.4 is 10.2 Å². The van der Waals surface area contributed by atoms with Crippen LogP contribution in [0.4, 0.5) is 10.1 Å². The fourth-order valence-electron chi connectivity index (χ4n) is 1.99. The minimum atomic E-state index is -0.562. The molecule has 0 bridgehead atoms. The van der Waals surface area contributed by atoms with E-state index in [0.29, 0.717) is 10.2 Å². The highest BCUT2D eigenvalue weighted by atomic mass is 79.9. The highest BCUT2D eigenvalue weighted by Gasteiger charge is 2.35. The first-order valence-corrected chi connectivity index (χ1v) is 6.75. The molecule has 1 aromatic carbocycles. The molecule has 2 rings (SSSR count). The van der Waals surface area contributed by atoms with Crippen LogP contribution in [0.5, 0.6) is 0 Å². The largest absolute Gasteiger partial charge is 0.342 e. The fourth-order valence-corrected chi connectivity index (χ4v) is 2.24. The number of hydrogen-bond donors (Lipinski definition) is 1. The SMILES string of the molecule is CC(C)C1NC(=O)CN(c2ccc(Br)c(F)c2)C1=O.